The summed E-state index contributed by atoms with van der Waals surface area (Å²) in [6.07, 6.45) is 1.03. The van der Waals surface area contributed by atoms with Crippen LogP contribution in [0.5, 0.6) is 0 Å². The number of sulfone groups is 1. The Kier molecular flexibility index (Phi) is 4.65. The van der Waals surface area contributed by atoms with Crippen LogP contribution >= 0.6 is 11.6 Å². The number of halogens is 1. The maximum Gasteiger partial charge on any atom is 0.244 e. The minimum absolute atomic E-state index is 0.0214. The summed E-state index contributed by atoms with van der Waals surface area (Å²) in [7, 11) is -7.33. The van der Waals surface area contributed by atoms with Gasteiger partial charge in [-0.25, -0.2) is 16.8 Å². The zero-order valence-corrected chi connectivity index (χ0v) is 14.1. The van der Waals surface area contributed by atoms with Crippen LogP contribution in [-0.4, -0.2) is 53.1 Å². The highest BCUT2D eigenvalue weighted by Gasteiger charge is 2.33. The standard InChI is InChI=1S/C12H17ClN2O4S2/c1-9-8-14-5-6-15(9)21(18,19)12-7-10(20(2,16)17)3-4-11(12)13/h3-4,7,9,14H,5-6,8H2,1-2H3. The van der Waals surface area contributed by atoms with Crippen molar-refractivity contribution in [2.75, 3.05) is 25.9 Å². The lowest BCUT2D eigenvalue weighted by atomic mass is 10.3. The zero-order valence-electron chi connectivity index (χ0n) is 11.7. The lowest BCUT2D eigenvalue weighted by molar-refractivity contribution is 0.284. The van der Waals surface area contributed by atoms with Gasteiger partial charge in [-0.1, -0.05) is 11.6 Å². The van der Waals surface area contributed by atoms with Crippen LogP contribution in [-0.2, 0) is 19.9 Å². The fraction of sp³-hybridized carbons (Fsp3) is 0.500. The monoisotopic (exact) mass is 352 g/mol. The molecule has 1 aromatic rings. The molecule has 118 valence electrons. The molecule has 1 saturated heterocycles. The third kappa shape index (κ3) is 3.40. The SMILES string of the molecule is CC1CNCCN1S(=O)(=O)c1cc(S(C)(=O)=O)ccc1Cl. The molecule has 1 aliphatic rings. The van der Waals surface area contributed by atoms with E-state index in [4.69, 9.17) is 11.6 Å². The van der Waals surface area contributed by atoms with E-state index in [0.29, 0.717) is 19.6 Å². The molecule has 1 unspecified atom stereocenters. The average Bonchev–Trinajstić information content (AvgIpc) is 2.37. The molecule has 0 aliphatic carbocycles. The molecule has 1 N–H and O–H groups in total. The van der Waals surface area contributed by atoms with Crippen molar-refractivity contribution in [3.05, 3.63) is 23.2 Å². The molecular weight excluding hydrogens is 336 g/mol. The van der Waals surface area contributed by atoms with Crippen LogP contribution in [0.1, 0.15) is 6.92 Å². The summed E-state index contributed by atoms with van der Waals surface area (Å²) < 4.78 is 50.0. The lowest BCUT2D eigenvalue weighted by Crippen LogP contribution is -2.52. The summed E-state index contributed by atoms with van der Waals surface area (Å²) in [5.74, 6) is 0. The van der Waals surface area contributed by atoms with E-state index in [-0.39, 0.29) is 20.9 Å². The molecule has 0 radical (unpaired) electrons. The number of nitrogens with zero attached hydrogens (tertiary/aromatic N) is 1. The molecule has 9 heteroatoms. The second kappa shape index (κ2) is 5.85. The highest BCUT2D eigenvalue weighted by Crippen LogP contribution is 2.28. The number of hydrogen-bond donors (Lipinski definition) is 1. The Morgan fingerprint density at radius 2 is 1.95 bits per heavy atom. The first-order valence-electron chi connectivity index (χ1n) is 6.36. The Morgan fingerprint density at radius 3 is 2.52 bits per heavy atom. The molecule has 0 spiro atoms. The van der Waals surface area contributed by atoms with E-state index in [1.165, 1.54) is 16.4 Å². The molecule has 0 saturated carbocycles. The van der Waals surface area contributed by atoms with E-state index < -0.39 is 19.9 Å². The van der Waals surface area contributed by atoms with Gasteiger partial charge in [0, 0.05) is 31.9 Å². The lowest BCUT2D eigenvalue weighted by Gasteiger charge is -2.33. The molecule has 1 aliphatic heterocycles. The van der Waals surface area contributed by atoms with Crippen LogP contribution in [0, 0.1) is 0 Å². The number of rotatable bonds is 3. The van der Waals surface area contributed by atoms with E-state index in [9.17, 15) is 16.8 Å². The Bertz CT molecular complexity index is 747. The van der Waals surface area contributed by atoms with Gasteiger partial charge in [-0.2, -0.15) is 4.31 Å². The predicted molar refractivity (Wildman–Crippen MR) is 80.8 cm³/mol. The minimum Gasteiger partial charge on any atom is -0.314 e. The van der Waals surface area contributed by atoms with Crippen molar-refractivity contribution < 1.29 is 16.8 Å². The number of piperazine rings is 1. The fourth-order valence-corrected chi connectivity index (χ4v) is 5.07. The first kappa shape index (κ1) is 16.7. The van der Waals surface area contributed by atoms with E-state index >= 15 is 0 Å². The van der Waals surface area contributed by atoms with Crippen molar-refractivity contribution in [1.82, 2.24) is 9.62 Å². The normalized spacial score (nSPS) is 21.4. The molecule has 6 nitrogen and oxygen atoms in total. The predicted octanol–water partition coefficient (Wildman–Crippen LogP) is 0.726. The van der Waals surface area contributed by atoms with Crippen LogP contribution in [0.2, 0.25) is 5.02 Å². The molecule has 2 rings (SSSR count). The highest BCUT2D eigenvalue weighted by atomic mass is 35.5. The summed E-state index contributed by atoms with van der Waals surface area (Å²) >= 11 is 5.98. The largest absolute Gasteiger partial charge is 0.314 e. The maximum absolute atomic E-state index is 12.7. The van der Waals surface area contributed by atoms with Gasteiger partial charge in [0.05, 0.1) is 9.92 Å². The molecule has 1 fully saturated rings. The highest BCUT2D eigenvalue weighted by molar-refractivity contribution is 7.91. The number of sulfonamides is 1. The molecule has 21 heavy (non-hydrogen) atoms. The van der Waals surface area contributed by atoms with Crippen LogP contribution < -0.4 is 5.32 Å². The minimum atomic E-state index is -3.83. The molecule has 1 heterocycles. The number of nitrogens with one attached hydrogen (secondary N) is 1. The van der Waals surface area contributed by atoms with Crippen molar-refractivity contribution in [1.29, 1.82) is 0 Å². The van der Waals surface area contributed by atoms with Gasteiger partial charge in [0.2, 0.25) is 10.0 Å². The first-order valence-corrected chi connectivity index (χ1v) is 10.1. The maximum atomic E-state index is 12.7. The fourth-order valence-electron chi connectivity index (χ4n) is 2.22. The van der Waals surface area contributed by atoms with Crippen molar-refractivity contribution in [2.45, 2.75) is 22.8 Å². The quantitative estimate of drug-likeness (QED) is 0.866. The molecule has 1 aromatic carbocycles. The van der Waals surface area contributed by atoms with E-state index in [1.807, 2.05) is 0 Å². The topological polar surface area (TPSA) is 83.6 Å². The summed E-state index contributed by atoms with van der Waals surface area (Å²) in [4.78, 5) is -0.228. The van der Waals surface area contributed by atoms with Crippen LogP contribution in [0.3, 0.4) is 0 Å². The Balaban J connectivity index is 2.54. The van der Waals surface area contributed by atoms with E-state index in [1.54, 1.807) is 6.92 Å². The summed E-state index contributed by atoms with van der Waals surface area (Å²) in [6.45, 7) is 3.20. The smallest absolute Gasteiger partial charge is 0.244 e. The second-order valence-corrected chi connectivity index (χ2v) is 9.32. The molecule has 0 amide bonds. The number of hydrogen-bond acceptors (Lipinski definition) is 5. The van der Waals surface area contributed by atoms with Gasteiger partial charge in [-0.05, 0) is 25.1 Å². The van der Waals surface area contributed by atoms with Gasteiger partial charge in [-0.15, -0.1) is 0 Å². The van der Waals surface area contributed by atoms with Crippen LogP contribution in [0.4, 0.5) is 0 Å². The van der Waals surface area contributed by atoms with E-state index in [2.05, 4.69) is 5.32 Å². The van der Waals surface area contributed by atoms with Gasteiger partial charge in [-0.3, -0.25) is 0 Å². The average molecular weight is 353 g/mol. The first-order chi connectivity index (χ1) is 9.64. The molecule has 0 bridgehead atoms. The Morgan fingerprint density at radius 1 is 1.29 bits per heavy atom. The Hall–Kier alpha value is -0.670. The van der Waals surface area contributed by atoms with Crippen molar-refractivity contribution in [3.63, 3.8) is 0 Å². The third-order valence-corrected chi connectivity index (χ3v) is 6.96. The van der Waals surface area contributed by atoms with Crippen LogP contribution in [0.15, 0.2) is 28.0 Å². The van der Waals surface area contributed by atoms with Crippen LogP contribution in [0.25, 0.3) is 0 Å². The summed E-state index contributed by atoms with van der Waals surface area (Å²) in [5.41, 5.74) is 0. The van der Waals surface area contributed by atoms with Crippen molar-refractivity contribution in [2.24, 2.45) is 0 Å². The number of benzene rings is 1. The zero-order chi connectivity index (χ0) is 15.8. The molecule has 0 aromatic heterocycles. The van der Waals surface area contributed by atoms with E-state index in [0.717, 1.165) is 12.3 Å². The summed E-state index contributed by atoms with van der Waals surface area (Å²) in [5, 5.41) is 3.12. The van der Waals surface area contributed by atoms with Gasteiger partial charge in [0.15, 0.2) is 9.84 Å². The van der Waals surface area contributed by atoms with Crippen molar-refractivity contribution in [3.8, 4) is 0 Å². The molecular formula is C12H17ClN2O4S2. The molecule has 1 atom stereocenters. The Labute approximate surface area is 130 Å². The van der Waals surface area contributed by atoms with Gasteiger partial charge < -0.3 is 5.32 Å². The second-order valence-electron chi connectivity index (χ2n) is 5.03. The van der Waals surface area contributed by atoms with Gasteiger partial charge in [0.1, 0.15) is 4.90 Å². The van der Waals surface area contributed by atoms with Gasteiger partial charge in [0.25, 0.3) is 0 Å². The van der Waals surface area contributed by atoms with Gasteiger partial charge >= 0.3 is 0 Å². The third-order valence-electron chi connectivity index (χ3n) is 3.36. The summed E-state index contributed by atoms with van der Waals surface area (Å²) in [6, 6.07) is 3.51. The van der Waals surface area contributed by atoms with Crippen molar-refractivity contribution >= 4 is 31.5 Å².